The lowest BCUT2D eigenvalue weighted by atomic mass is 10.0. The summed E-state index contributed by atoms with van der Waals surface area (Å²) in [5, 5.41) is 3.26. The molecule has 0 aromatic carbocycles. The van der Waals surface area contributed by atoms with Crippen LogP contribution in [0.5, 0.6) is 6.01 Å². The Morgan fingerprint density at radius 1 is 1.37 bits per heavy atom. The molecule has 1 aliphatic heterocycles. The zero-order valence-electron chi connectivity index (χ0n) is 11.6. The highest BCUT2D eigenvalue weighted by molar-refractivity contribution is 5.33. The normalized spacial score (nSPS) is 23.4. The molecule has 0 bridgehead atoms. The first-order valence-corrected chi connectivity index (χ1v) is 6.59. The van der Waals surface area contributed by atoms with Gasteiger partial charge in [-0.3, -0.25) is 0 Å². The molecule has 0 amide bonds. The molecular formula is C12H21N5O2. The van der Waals surface area contributed by atoms with E-state index < -0.39 is 0 Å². The number of anilines is 2. The third-order valence-electron chi connectivity index (χ3n) is 2.79. The first-order valence-electron chi connectivity index (χ1n) is 6.59. The van der Waals surface area contributed by atoms with Gasteiger partial charge in [-0.05, 0) is 33.6 Å². The number of nitrogens with zero attached hydrogens (tertiary/aromatic N) is 3. The van der Waals surface area contributed by atoms with Gasteiger partial charge in [-0.1, -0.05) is 0 Å². The maximum atomic E-state index is 5.66. The van der Waals surface area contributed by atoms with Crippen LogP contribution in [0.2, 0.25) is 0 Å². The number of nitrogens with two attached hydrogens (primary N) is 1. The Balaban J connectivity index is 2.04. The van der Waals surface area contributed by atoms with E-state index in [0.29, 0.717) is 5.95 Å². The van der Waals surface area contributed by atoms with Crippen LogP contribution in [0, 0.1) is 0 Å². The molecule has 19 heavy (non-hydrogen) atoms. The molecule has 0 aliphatic carbocycles. The SMILES string of the molecule is CC(C)Oc1nc(N)nc(NC2CCOC(C)C2)n1. The minimum absolute atomic E-state index is 0.00208. The number of nitrogen functional groups attached to an aromatic ring is 1. The van der Waals surface area contributed by atoms with Crippen molar-refractivity contribution in [2.45, 2.75) is 51.9 Å². The molecule has 7 heteroatoms. The minimum atomic E-state index is -0.00208. The highest BCUT2D eigenvalue weighted by Gasteiger charge is 2.20. The molecule has 1 aromatic rings. The second kappa shape index (κ2) is 6.01. The summed E-state index contributed by atoms with van der Waals surface area (Å²) in [5.41, 5.74) is 5.66. The highest BCUT2D eigenvalue weighted by Crippen LogP contribution is 2.18. The predicted molar refractivity (Wildman–Crippen MR) is 72.1 cm³/mol. The van der Waals surface area contributed by atoms with Gasteiger partial charge in [0.05, 0.1) is 12.2 Å². The quantitative estimate of drug-likeness (QED) is 0.846. The molecule has 0 saturated carbocycles. The van der Waals surface area contributed by atoms with E-state index in [9.17, 15) is 0 Å². The first-order chi connectivity index (χ1) is 9.02. The fourth-order valence-corrected chi connectivity index (χ4v) is 2.01. The highest BCUT2D eigenvalue weighted by atomic mass is 16.5. The summed E-state index contributed by atoms with van der Waals surface area (Å²) in [4.78, 5) is 12.3. The Bertz CT molecular complexity index is 427. The first kappa shape index (κ1) is 13.8. The van der Waals surface area contributed by atoms with Crippen molar-refractivity contribution < 1.29 is 9.47 Å². The fraction of sp³-hybridized carbons (Fsp3) is 0.750. The van der Waals surface area contributed by atoms with Crippen molar-refractivity contribution in [2.24, 2.45) is 0 Å². The molecule has 1 aromatic heterocycles. The number of hydrogen-bond donors (Lipinski definition) is 2. The second-order valence-electron chi connectivity index (χ2n) is 5.01. The molecule has 3 N–H and O–H groups in total. The molecule has 1 fully saturated rings. The van der Waals surface area contributed by atoms with E-state index in [0.717, 1.165) is 19.4 Å². The van der Waals surface area contributed by atoms with Gasteiger partial charge in [0.1, 0.15) is 0 Å². The van der Waals surface area contributed by atoms with Crippen molar-refractivity contribution >= 4 is 11.9 Å². The number of hydrogen-bond acceptors (Lipinski definition) is 7. The van der Waals surface area contributed by atoms with Gasteiger partial charge in [-0.2, -0.15) is 15.0 Å². The van der Waals surface area contributed by atoms with Crippen molar-refractivity contribution in [3.8, 4) is 6.01 Å². The summed E-state index contributed by atoms with van der Waals surface area (Å²) in [7, 11) is 0. The van der Waals surface area contributed by atoms with Gasteiger partial charge in [0, 0.05) is 12.6 Å². The van der Waals surface area contributed by atoms with Crippen molar-refractivity contribution in [1.29, 1.82) is 0 Å². The summed E-state index contributed by atoms with van der Waals surface area (Å²) in [6.45, 7) is 6.62. The number of ether oxygens (including phenoxy) is 2. The Labute approximate surface area is 112 Å². The smallest absolute Gasteiger partial charge is 0.323 e. The molecule has 2 unspecified atom stereocenters. The largest absolute Gasteiger partial charge is 0.461 e. The third-order valence-corrected chi connectivity index (χ3v) is 2.79. The van der Waals surface area contributed by atoms with Crippen LogP contribution in [0.1, 0.15) is 33.6 Å². The van der Waals surface area contributed by atoms with Crippen molar-refractivity contribution in [3.63, 3.8) is 0 Å². The van der Waals surface area contributed by atoms with Crippen molar-refractivity contribution in [2.75, 3.05) is 17.7 Å². The lowest BCUT2D eigenvalue weighted by Gasteiger charge is -2.27. The van der Waals surface area contributed by atoms with Gasteiger partial charge >= 0.3 is 6.01 Å². The van der Waals surface area contributed by atoms with Crippen LogP contribution < -0.4 is 15.8 Å². The van der Waals surface area contributed by atoms with Gasteiger partial charge in [0.15, 0.2) is 0 Å². The van der Waals surface area contributed by atoms with Gasteiger partial charge in [-0.15, -0.1) is 0 Å². The van der Waals surface area contributed by atoms with Crippen molar-refractivity contribution in [1.82, 2.24) is 15.0 Å². The van der Waals surface area contributed by atoms with Gasteiger partial charge in [0.25, 0.3) is 0 Å². The standard InChI is InChI=1S/C12H21N5O2/c1-7(2)19-12-16-10(13)15-11(17-12)14-9-4-5-18-8(3)6-9/h7-9H,4-6H2,1-3H3,(H3,13,14,15,16,17). The number of aromatic nitrogens is 3. The molecule has 1 aliphatic rings. The number of rotatable bonds is 4. The van der Waals surface area contributed by atoms with E-state index in [-0.39, 0.29) is 30.2 Å². The van der Waals surface area contributed by atoms with E-state index in [1.165, 1.54) is 0 Å². The van der Waals surface area contributed by atoms with Crippen LogP contribution in [-0.4, -0.2) is 39.8 Å². The lowest BCUT2D eigenvalue weighted by molar-refractivity contribution is 0.0231. The van der Waals surface area contributed by atoms with Gasteiger partial charge in [-0.25, -0.2) is 0 Å². The van der Waals surface area contributed by atoms with Crippen molar-refractivity contribution in [3.05, 3.63) is 0 Å². The summed E-state index contributed by atoms with van der Waals surface area (Å²) >= 11 is 0. The molecule has 0 spiro atoms. The van der Waals surface area contributed by atoms with Crippen LogP contribution in [-0.2, 0) is 4.74 Å². The average Bonchev–Trinajstić information content (AvgIpc) is 2.26. The molecule has 2 rings (SSSR count). The van der Waals surface area contributed by atoms with Crippen LogP contribution in [0.3, 0.4) is 0 Å². The molecule has 106 valence electrons. The summed E-state index contributed by atoms with van der Waals surface area (Å²) in [5.74, 6) is 0.621. The second-order valence-corrected chi connectivity index (χ2v) is 5.01. The molecular weight excluding hydrogens is 246 g/mol. The fourth-order valence-electron chi connectivity index (χ4n) is 2.01. The van der Waals surface area contributed by atoms with E-state index in [1.807, 2.05) is 13.8 Å². The zero-order valence-corrected chi connectivity index (χ0v) is 11.6. The van der Waals surface area contributed by atoms with Crippen LogP contribution in [0.25, 0.3) is 0 Å². The number of nitrogens with one attached hydrogen (secondary N) is 1. The maximum Gasteiger partial charge on any atom is 0.323 e. The molecule has 2 heterocycles. The molecule has 2 atom stereocenters. The van der Waals surface area contributed by atoms with Crippen LogP contribution in [0.4, 0.5) is 11.9 Å². The summed E-state index contributed by atoms with van der Waals surface area (Å²) < 4.78 is 10.9. The minimum Gasteiger partial charge on any atom is -0.461 e. The zero-order chi connectivity index (χ0) is 13.8. The Kier molecular flexibility index (Phi) is 4.36. The average molecular weight is 267 g/mol. The van der Waals surface area contributed by atoms with E-state index in [1.54, 1.807) is 0 Å². The van der Waals surface area contributed by atoms with Gasteiger partial charge in [0.2, 0.25) is 11.9 Å². The van der Waals surface area contributed by atoms with Crippen LogP contribution in [0.15, 0.2) is 0 Å². The van der Waals surface area contributed by atoms with E-state index >= 15 is 0 Å². The predicted octanol–water partition coefficient (Wildman–Crippen LogP) is 1.22. The molecule has 7 nitrogen and oxygen atoms in total. The maximum absolute atomic E-state index is 5.66. The Morgan fingerprint density at radius 2 is 2.16 bits per heavy atom. The summed E-state index contributed by atoms with van der Waals surface area (Å²) in [6, 6.07) is 0.544. The topological polar surface area (TPSA) is 95.2 Å². The Hall–Kier alpha value is -1.63. The molecule has 1 saturated heterocycles. The van der Waals surface area contributed by atoms with Crippen LogP contribution >= 0.6 is 0 Å². The lowest BCUT2D eigenvalue weighted by Crippen LogP contribution is -2.33. The van der Waals surface area contributed by atoms with Gasteiger partial charge < -0.3 is 20.5 Å². The van der Waals surface area contributed by atoms with E-state index in [4.69, 9.17) is 15.2 Å². The van der Waals surface area contributed by atoms with E-state index in [2.05, 4.69) is 27.2 Å². The monoisotopic (exact) mass is 267 g/mol. The third kappa shape index (κ3) is 4.20. The summed E-state index contributed by atoms with van der Waals surface area (Å²) in [6.07, 6.45) is 2.09. The Morgan fingerprint density at radius 3 is 2.84 bits per heavy atom. The molecule has 0 radical (unpaired) electrons.